The lowest BCUT2D eigenvalue weighted by Crippen LogP contribution is -1.98. The van der Waals surface area contributed by atoms with Crippen LogP contribution in [0.15, 0.2) is 28.7 Å². The Morgan fingerprint density at radius 2 is 2.11 bits per heavy atom. The summed E-state index contributed by atoms with van der Waals surface area (Å²) in [7, 11) is 0. The summed E-state index contributed by atoms with van der Waals surface area (Å²) < 4.78 is 18.3. The van der Waals surface area contributed by atoms with Crippen LogP contribution in [0.2, 0.25) is 0 Å². The van der Waals surface area contributed by atoms with E-state index in [0.717, 1.165) is 0 Å². The van der Waals surface area contributed by atoms with E-state index in [-0.39, 0.29) is 11.6 Å². The van der Waals surface area contributed by atoms with E-state index in [1.165, 1.54) is 23.9 Å². The van der Waals surface area contributed by atoms with Crippen LogP contribution in [0.3, 0.4) is 0 Å². The number of aliphatic carboxylic acids is 1. The van der Waals surface area contributed by atoms with Crippen molar-refractivity contribution >= 4 is 17.7 Å². The standard InChI is InChI=1S/C13H12FNO3S/c1-8-11(6-19-7-12(16)17)15-13(18-8)9-2-4-10(14)5-3-9/h2-5H,6-7H2,1H3,(H,16,17). The third-order valence-corrected chi connectivity index (χ3v) is 3.38. The number of thioether (sulfide) groups is 1. The number of oxazole rings is 1. The molecule has 1 heterocycles. The van der Waals surface area contributed by atoms with Gasteiger partial charge in [0.15, 0.2) is 0 Å². The molecular weight excluding hydrogens is 269 g/mol. The molecule has 0 atom stereocenters. The summed E-state index contributed by atoms with van der Waals surface area (Å²) in [5.74, 6) is 0.399. The lowest BCUT2D eigenvalue weighted by Gasteiger charge is -1.94. The van der Waals surface area contributed by atoms with Gasteiger partial charge in [0.25, 0.3) is 0 Å². The van der Waals surface area contributed by atoms with Crippen LogP contribution in [-0.4, -0.2) is 21.8 Å². The molecular formula is C13H12FNO3S. The average molecular weight is 281 g/mol. The van der Waals surface area contributed by atoms with E-state index in [9.17, 15) is 9.18 Å². The van der Waals surface area contributed by atoms with Gasteiger partial charge in [-0.15, -0.1) is 11.8 Å². The summed E-state index contributed by atoms with van der Waals surface area (Å²) in [4.78, 5) is 14.7. The van der Waals surface area contributed by atoms with E-state index in [1.807, 2.05) is 0 Å². The van der Waals surface area contributed by atoms with Crippen molar-refractivity contribution in [1.82, 2.24) is 4.98 Å². The number of aryl methyl sites for hydroxylation is 1. The molecule has 0 amide bonds. The molecule has 6 heteroatoms. The van der Waals surface area contributed by atoms with Crippen LogP contribution < -0.4 is 0 Å². The number of aromatic nitrogens is 1. The first-order valence-corrected chi connectivity index (χ1v) is 6.73. The molecule has 0 aliphatic heterocycles. The number of carbonyl (C=O) groups is 1. The quantitative estimate of drug-likeness (QED) is 0.912. The zero-order chi connectivity index (χ0) is 13.8. The number of hydrogen-bond acceptors (Lipinski definition) is 4. The molecule has 0 spiro atoms. The van der Waals surface area contributed by atoms with E-state index in [2.05, 4.69) is 4.98 Å². The summed E-state index contributed by atoms with van der Waals surface area (Å²) >= 11 is 1.26. The molecule has 0 aliphatic rings. The molecule has 0 unspecified atom stereocenters. The number of carboxylic acid groups (broad SMARTS) is 1. The molecule has 100 valence electrons. The maximum atomic E-state index is 12.8. The number of hydrogen-bond donors (Lipinski definition) is 1. The number of benzene rings is 1. The van der Waals surface area contributed by atoms with E-state index < -0.39 is 5.97 Å². The van der Waals surface area contributed by atoms with Crippen LogP contribution >= 0.6 is 11.8 Å². The van der Waals surface area contributed by atoms with Gasteiger partial charge >= 0.3 is 5.97 Å². The lowest BCUT2D eigenvalue weighted by molar-refractivity contribution is -0.133. The van der Waals surface area contributed by atoms with Gasteiger partial charge in [-0.1, -0.05) is 0 Å². The van der Waals surface area contributed by atoms with Gasteiger partial charge in [-0.3, -0.25) is 4.79 Å². The van der Waals surface area contributed by atoms with Crippen LogP contribution in [0.1, 0.15) is 11.5 Å². The first kappa shape index (κ1) is 13.6. The van der Waals surface area contributed by atoms with E-state index in [1.54, 1.807) is 19.1 Å². The largest absolute Gasteiger partial charge is 0.481 e. The molecule has 0 saturated heterocycles. The van der Waals surface area contributed by atoms with Crippen molar-refractivity contribution < 1.29 is 18.7 Å². The highest BCUT2D eigenvalue weighted by Crippen LogP contribution is 2.24. The van der Waals surface area contributed by atoms with Gasteiger partial charge < -0.3 is 9.52 Å². The van der Waals surface area contributed by atoms with Crippen LogP contribution in [0.4, 0.5) is 4.39 Å². The molecule has 2 aromatic rings. The molecule has 19 heavy (non-hydrogen) atoms. The van der Waals surface area contributed by atoms with Crippen molar-refractivity contribution in [2.75, 3.05) is 5.75 Å². The van der Waals surface area contributed by atoms with Crippen molar-refractivity contribution in [2.45, 2.75) is 12.7 Å². The summed E-state index contributed by atoms with van der Waals surface area (Å²) in [5, 5.41) is 8.57. The van der Waals surface area contributed by atoms with Crippen molar-refractivity contribution in [1.29, 1.82) is 0 Å². The normalized spacial score (nSPS) is 10.6. The average Bonchev–Trinajstić information content (AvgIpc) is 2.71. The predicted molar refractivity (Wildman–Crippen MR) is 70.4 cm³/mol. The van der Waals surface area contributed by atoms with Crippen molar-refractivity contribution in [3.05, 3.63) is 41.5 Å². The highest BCUT2D eigenvalue weighted by Gasteiger charge is 2.12. The van der Waals surface area contributed by atoms with Gasteiger partial charge in [0.2, 0.25) is 5.89 Å². The summed E-state index contributed by atoms with van der Waals surface area (Å²) in [6.45, 7) is 1.77. The van der Waals surface area contributed by atoms with Crippen LogP contribution in [0.5, 0.6) is 0 Å². The summed E-state index contributed by atoms with van der Waals surface area (Å²) in [5.41, 5.74) is 1.41. The minimum Gasteiger partial charge on any atom is -0.481 e. The molecule has 4 nitrogen and oxygen atoms in total. The molecule has 1 aromatic carbocycles. The molecule has 0 bridgehead atoms. The molecule has 0 aliphatic carbocycles. The van der Waals surface area contributed by atoms with Gasteiger partial charge in [0.1, 0.15) is 11.6 Å². The van der Waals surface area contributed by atoms with Gasteiger partial charge in [0.05, 0.1) is 11.4 Å². The Morgan fingerprint density at radius 3 is 2.74 bits per heavy atom. The fourth-order valence-electron chi connectivity index (χ4n) is 1.51. The number of halogens is 1. The smallest absolute Gasteiger partial charge is 0.313 e. The topological polar surface area (TPSA) is 63.3 Å². The van der Waals surface area contributed by atoms with Crippen LogP contribution in [0.25, 0.3) is 11.5 Å². The Balaban J connectivity index is 2.12. The fourth-order valence-corrected chi connectivity index (χ4v) is 2.25. The van der Waals surface area contributed by atoms with Crippen LogP contribution in [-0.2, 0) is 10.5 Å². The van der Waals surface area contributed by atoms with Crippen molar-refractivity contribution in [2.24, 2.45) is 0 Å². The third-order valence-electron chi connectivity index (χ3n) is 2.45. The zero-order valence-corrected chi connectivity index (χ0v) is 11.0. The van der Waals surface area contributed by atoms with Crippen molar-refractivity contribution in [3.8, 4) is 11.5 Å². The van der Waals surface area contributed by atoms with E-state index in [0.29, 0.717) is 28.7 Å². The monoisotopic (exact) mass is 281 g/mol. The summed E-state index contributed by atoms with van der Waals surface area (Å²) in [6, 6.07) is 5.87. The van der Waals surface area contributed by atoms with Crippen molar-refractivity contribution in [3.63, 3.8) is 0 Å². The van der Waals surface area contributed by atoms with E-state index in [4.69, 9.17) is 9.52 Å². The van der Waals surface area contributed by atoms with Gasteiger partial charge in [-0.2, -0.15) is 0 Å². The third kappa shape index (κ3) is 3.57. The predicted octanol–water partition coefficient (Wildman–Crippen LogP) is 3.11. The second-order valence-electron chi connectivity index (χ2n) is 3.92. The molecule has 0 radical (unpaired) electrons. The maximum absolute atomic E-state index is 12.8. The number of nitrogens with zero attached hydrogens (tertiary/aromatic N) is 1. The SMILES string of the molecule is Cc1oc(-c2ccc(F)cc2)nc1CSCC(=O)O. The first-order chi connectivity index (χ1) is 9.06. The summed E-state index contributed by atoms with van der Waals surface area (Å²) in [6.07, 6.45) is 0. The molecule has 0 saturated carbocycles. The Hall–Kier alpha value is -1.82. The van der Waals surface area contributed by atoms with Crippen LogP contribution in [0, 0.1) is 12.7 Å². The second-order valence-corrected chi connectivity index (χ2v) is 4.90. The van der Waals surface area contributed by atoms with Gasteiger partial charge in [-0.05, 0) is 31.2 Å². The second kappa shape index (κ2) is 5.88. The highest BCUT2D eigenvalue weighted by molar-refractivity contribution is 7.99. The van der Waals surface area contributed by atoms with E-state index >= 15 is 0 Å². The fraction of sp³-hybridized carbons (Fsp3) is 0.231. The highest BCUT2D eigenvalue weighted by atomic mass is 32.2. The zero-order valence-electron chi connectivity index (χ0n) is 10.2. The number of rotatable bonds is 5. The minimum atomic E-state index is -0.857. The Morgan fingerprint density at radius 1 is 1.42 bits per heavy atom. The minimum absolute atomic E-state index is 0.0260. The molecule has 2 rings (SSSR count). The first-order valence-electron chi connectivity index (χ1n) is 5.58. The Kier molecular flexibility index (Phi) is 4.21. The maximum Gasteiger partial charge on any atom is 0.313 e. The number of carboxylic acids is 1. The Labute approximate surface area is 113 Å². The lowest BCUT2D eigenvalue weighted by atomic mass is 10.2. The van der Waals surface area contributed by atoms with Gasteiger partial charge in [0, 0.05) is 11.3 Å². The molecule has 1 aromatic heterocycles. The Bertz CT molecular complexity index is 580. The molecule has 1 N–H and O–H groups in total. The van der Waals surface area contributed by atoms with Gasteiger partial charge in [-0.25, -0.2) is 9.37 Å². The molecule has 0 fully saturated rings.